The SMILES string of the molecule is CC1(C)c2ccccc2-c2cccc(-c3cccc(N(c4ccc5c(c4)C4(CC6CCC4C6)c4ccccc4-5)c4ccccc4-c4ccc5c(ccc6ccccc65)c4)c3)c21. The number of nitrogens with zero attached hydrogens (tertiary/aromatic N) is 1. The molecule has 3 atom stereocenters. The lowest BCUT2D eigenvalue weighted by Crippen LogP contribution is -2.32. The molecule has 292 valence electrons. The fourth-order valence-corrected chi connectivity index (χ4v) is 12.9. The van der Waals surface area contributed by atoms with Crippen molar-refractivity contribution in [2.45, 2.75) is 50.4 Å². The molecule has 0 heterocycles. The molecule has 1 spiro atoms. The number of anilines is 3. The van der Waals surface area contributed by atoms with Crippen LogP contribution in [0.15, 0.2) is 188 Å². The van der Waals surface area contributed by atoms with Gasteiger partial charge in [0.2, 0.25) is 0 Å². The predicted octanol–water partition coefficient (Wildman–Crippen LogP) is 16.2. The van der Waals surface area contributed by atoms with Crippen LogP contribution in [-0.2, 0) is 10.8 Å². The van der Waals surface area contributed by atoms with Crippen molar-refractivity contribution in [2.75, 3.05) is 4.90 Å². The summed E-state index contributed by atoms with van der Waals surface area (Å²) in [5.74, 6) is 1.51. The van der Waals surface area contributed by atoms with E-state index >= 15 is 0 Å². The van der Waals surface area contributed by atoms with E-state index in [0.29, 0.717) is 5.92 Å². The Labute approximate surface area is 359 Å². The summed E-state index contributed by atoms with van der Waals surface area (Å²) in [7, 11) is 0. The normalized spacial score (nSPS) is 19.9. The van der Waals surface area contributed by atoms with Crippen LogP contribution in [0.5, 0.6) is 0 Å². The molecule has 61 heavy (non-hydrogen) atoms. The van der Waals surface area contributed by atoms with Crippen LogP contribution in [0.1, 0.15) is 61.8 Å². The number of hydrogen-bond acceptors (Lipinski definition) is 1. The lowest BCUT2D eigenvalue weighted by Gasteiger charge is -2.37. The van der Waals surface area contributed by atoms with Gasteiger partial charge in [-0.25, -0.2) is 0 Å². The second-order valence-corrected chi connectivity index (χ2v) is 18.9. The molecular weight excluding hydrogens is 735 g/mol. The number of hydrogen-bond donors (Lipinski definition) is 0. The molecule has 2 saturated carbocycles. The highest BCUT2D eigenvalue weighted by molar-refractivity contribution is 6.09. The number of rotatable bonds is 5. The largest absolute Gasteiger partial charge is 0.310 e. The molecule has 1 heteroatoms. The van der Waals surface area contributed by atoms with Crippen LogP contribution in [0.2, 0.25) is 0 Å². The quantitative estimate of drug-likeness (QED) is 0.157. The minimum absolute atomic E-state index is 0.0875. The molecule has 0 aromatic heterocycles. The summed E-state index contributed by atoms with van der Waals surface area (Å²) in [6.45, 7) is 4.79. The third kappa shape index (κ3) is 4.95. The van der Waals surface area contributed by atoms with Crippen LogP contribution in [0.4, 0.5) is 17.1 Å². The molecule has 9 aromatic carbocycles. The summed E-state index contributed by atoms with van der Waals surface area (Å²) in [5.41, 5.74) is 20.0. The van der Waals surface area contributed by atoms with Gasteiger partial charge in [0.25, 0.3) is 0 Å². The summed E-state index contributed by atoms with van der Waals surface area (Å²) in [5, 5.41) is 5.12. The van der Waals surface area contributed by atoms with E-state index in [1.165, 1.54) is 125 Å². The van der Waals surface area contributed by atoms with E-state index in [0.717, 1.165) is 5.92 Å². The highest BCUT2D eigenvalue weighted by Gasteiger charge is 2.56. The fraction of sp³-hybridized carbons (Fsp3) is 0.167. The number of para-hydroxylation sites is 1. The minimum Gasteiger partial charge on any atom is -0.310 e. The van der Waals surface area contributed by atoms with Gasteiger partial charge in [-0.1, -0.05) is 172 Å². The lowest BCUT2D eigenvalue weighted by atomic mass is 9.67. The summed E-state index contributed by atoms with van der Waals surface area (Å²) < 4.78 is 0. The monoisotopic (exact) mass is 781 g/mol. The maximum absolute atomic E-state index is 2.60. The van der Waals surface area contributed by atoms with Crippen molar-refractivity contribution in [2.24, 2.45) is 11.8 Å². The van der Waals surface area contributed by atoms with Gasteiger partial charge in [-0.2, -0.15) is 0 Å². The van der Waals surface area contributed by atoms with Crippen molar-refractivity contribution >= 4 is 38.6 Å². The maximum Gasteiger partial charge on any atom is 0.0540 e. The van der Waals surface area contributed by atoms with E-state index in [1.54, 1.807) is 5.56 Å². The topological polar surface area (TPSA) is 3.24 Å². The van der Waals surface area contributed by atoms with E-state index in [-0.39, 0.29) is 10.8 Å². The van der Waals surface area contributed by atoms with E-state index < -0.39 is 0 Å². The van der Waals surface area contributed by atoms with Gasteiger partial charge in [0.05, 0.1) is 5.69 Å². The zero-order valence-corrected chi connectivity index (χ0v) is 34.8. The Morgan fingerprint density at radius 3 is 1.95 bits per heavy atom. The Hall–Kier alpha value is -6.70. The van der Waals surface area contributed by atoms with Gasteiger partial charge >= 0.3 is 0 Å². The molecule has 0 N–H and O–H groups in total. The van der Waals surface area contributed by atoms with Gasteiger partial charge in [-0.3, -0.25) is 0 Å². The van der Waals surface area contributed by atoms with Crippen LogP contribution >= 0.6 is 0 Å². The highest BCUT2D eigenvalue weighted by Crippen LogP contribution is 2.66. The van der Waals surface area contributed by atoms with Crippen molar-refractivity contribution in [3.63, 3.8) is 0 Å². The molecule has 0 radical (unpaired) electrons. The predicted molar refractivity (Wildman–Crippen MR) is 256 cm³/mol. The smallest absolute Gasteiger partial charge is 0.0540 e. The Morgan fingerprint density at radius 1 is 0.443 bits per heavy atom. The molecule has 0 aliphatic heterocycles. The van der Waals surface area contributed by atoms with E-state index in [1.807, 2.05) is 0 Å². The molecule has 2 bridgehead atoms. The van der Waals surface area contributed by atoms with Crippen molar-refractivity contribution < 1.29 is 0 Å². The van der Waals surface area contributed by atoms with Gasteiger partial charge in [0, 0.05) is 27.8 Å². The zero-order valence-electron chi connectivity index (χ0n) is 34.8. The van der Waals surface area contributed by atoms with E-state index in [4.69, 9.17) is 0 Å². The van der Waals surface area contributed by atoms with Crippen LogP contribution in [0.3, 0.4) is 0 Å². The van der Waals surface area contributed by atoms with Crippen LogP contribution in [-0.4, -0.2) is 0 Å². The molecule has 0 amide bonds. The first kappa shape index (κ1) is 35.1. The van der Waals surface area contributed by atoms with Crippen molar-refractivity contribution in [1.29, 1.82) is 0 Å². The van der Waals surface area contributed by atoms with Crippen LogP contribution < -0.4 is 4.90 Å². The van der Waals surface area contributed by atoms with Crippen molar-refractivity contribution in [3.05, 3.63) is 210 Å². The molecule has 4 aliphatic rings. The Balaban J connectivity index is 1.02. The summed E-state index contributed by atoms with van der Waals surface area (Å²) in [6, 6.07) is 71.5. The van der Waals surface area contributed by atoms with Gasteiger partial charge in [-0.15, -0.1) is 0 Å². The summed E-state index contributed by atoms with van der Waals surface area (Å²) in [6.07, 6.45) is 5.32. The average Bonchev–Trinajstić information content (AvgIpc) is 4.06. The molecule has 0 saturated heterocycles. The molecule has 9 aromatic rings. The molecule has 1 nitrogen and oxygen atoms in total. The van der Waals surface area contributed by atoms with Crippen molar-refractivity contribution in [3.8, 4) is 44.5 Å². The third-order valence-electron chi connectivity index (χ3n) is 15.5. The number of fused-ring (bicyclic) bond motifs is 14. The summed E-state index contributed by atoms with van der Waals surface area (Å²) in [4.78, 5) is 2.57. The van der Waals surface area contributed by atoms with Gasteiger partial charge < -0.3 is 4.90 Å². The second kappa shape index (κ2) is 12.9. The zero-order chi connectivity index (χ0) is 40.5. The maximum atomic E-state index is 2.60. The van der Waals surface area contributed by atoms with Crippen LogP contribution in [0.25, 0.3) is 66.1 Å². The Bertz CT molecular complexity index is 3280. The van der Waals surface area contributed by atoms with Gasteiger partial charge in [-0.05, 0) is 150 Å². The van der Waals surface area contributed by atoms with Crippen LogP contribution in [0, 0.1) is 11.8 Å². The molecule has 13 rings (SSSR count). The summed E-state index contributed by atoms with van der Waals surface area (Å²) >= 11 is 0. The molecule has 4 aliphatic carbocycles. The second-order valence-electron chi connectivity index (χ2n) is 18.9. The lowest BCUT2D eigenvalue weighted by molar-refractivity contribution is 0.327. The highest BCUT2D eigenvalue weighted by atomic mass is 15.1. The Kier molecular flexibility index (Phi) is 7.42. The first-order chi connectivity index (χ1) is 30.0. The fourth-order valence-electron chi connectivity index (χ4n) is 12.9. The molecular formula is C60H47N. The minimum atomic E-state index is -0.115. The van der Waals surface area contributed by atoms with E-state index in [2.05, 4.69) is 207 Å². The first-order valence-electron chi connectivity index (χ1n) is 22.4. The third-order valence-corrected chi connectivity index (χ3v) is 15.5. The van der Waals surface area contributed by atoms with Gasteiger partial charge in [0.15, 0.2) is 0 Å². The van der Waals surface area contributed by atoms with Gasteiger partial charge in [0.1, 0.15) is 0 Å². The standard InChI is InChI=1S/C60H47N/c1-59(2)54-22-8-5-19-51(54)53-21-12-20-49(58(53)59)40-14-11-15-44(35-40)61(45-30-32-52-50-18-6-9-23-55(50)60(56(52)36-45)37-38-25-29-43(60)33-38)57-24-10-7-17-48(57)42-28-31-47-41(34-42)27-26-39-13-3-4-16-46(39)47/h3-24,26-28,30-32,34-36,38,43H,25,29,33,37H2,1-2H3. The van der Waals surface area contributed by atoms with Crippen molar-refractivity contribution in [1.82, 2.24) is 0 Å². The average molecular weight is 782 g/mol. The molecule has 3 unspecified atom stereocenters. The first-order valence-corrected chi connectivity index (χ1v) is 22.4. The molecule has 2 fully saturated rings. The number of benzene rings is 9. The van der Waals surface area contributed by atoms with E-state index in [9.17, 15) is 0 Å². The Morgan fingerprint density at radius 2 is 1.10 bits per heavy atom.